The molecule has 1 saturated carbocycles. The number of oxime groups is 1. The molecule has 2 aliphatic rings. The number of ether oxygens (including phenoxy) is 1. The standard InChI is InChI=1S/C25H37N5O3/c1-17(2)18-6-8-19(9-7-18)29-13-10-20(11-14-29)30-23(16-33-25(26)31)22(15-28-32-3)21-5-4-12-27-24(21)30/h4-5,12,15,17-20H,6-11,13-14,16H2,1-3H3,(H2,26,31)/b28-15-. The van der Waals surface area contributed by atoms with E-state index >= 15 is 0 Å². The predicted octanol–water partition coefficient (Wildman–Crippen LogP) is 4.46. The number of hydrogen-bond acceptors (Lipinski definition) is 6. The second kappa shape index (κ2) is 10.5. The maximum atomic E-state index is 11.4. The number of likely N-dealkylation sites (tertiary alicyclic amines) is 1. The minimum Gasteiger partial charge on any atom is -0.443 e. The third-order valence-corrected chi connectivity index (χ3v) is 7.61. The highest BCUT2D eigenvalue weighted by molar-refractivity contribution is 5.99. The fraction of sp³-hybridized carbons (Fsp3) is 0.640. The van der Waals surface area contributed by atoms with E-state index in [2.05, 4.69) is 33.5 Å². The number of primary amides is 1. The quantitative estimate of drug-likeness (QED) is 0.491. The van der Waals surface area contributed by atoms with Crippen molar-refractivity contribution < 1.29 is 14.4 Å². The Hall–Kier alpha value is -2.61. The summed E-state index contributed by atoms with van der Waals surface area (Å²) in [7, 11) is 1.51. The van der Waals surface area contributed by atoms with Gasteiger partial charge < -0.3 is 24.8 Å². The van der Waals surface area contributed by atoms with Crippen LogP contribution in [-0.2, 0) is 16.2 Å². The van der Waals surface area contributed by atoms with E-state index in [1.165, 1.54) is 32.8 Å². The number of piperidine rings is 1. The monoisotopic (exact) mass is 455 g/mol. The van der Waals surface area contributed by atoms with Gasteiger partial charge >= 0.3 is 6.09 Å². The molecule has 4 rings (SSSR count). The summed E-state index contributed by atoms with van der Waals surface area (Å²) < 4.78 is 7.47. The topological polar surface area (TPSA) is 95.0 Å². The van der Waals surface area contributed by atoms with Crippen molar-refractivity contribution in [2.45, 2.75) is 71.1 Å². The lowest BCUT2D eigenvalue weighted by molar-refractivity contribution is 0.0875. The van der Waals surface area contributed by atoms with Gasteiger partial charge in [0.25, 0.3) is 0 Å². The number of carbonyl (C=O) groups excluding carboxylic acids is 1. The predicted molar refractivity (Wildman–Crippen MR) is 129 cm³/mol. The van der Waals surface area contributed by atoms with Crippen LogP contribution in [0.1, 0.15) is 69.7 Å². The minimum atomic E-state index is -0.791. The molecule has 180 valence electrons. The molecule has 0 atom stereocenters. The maximum Gasteiger partial charge on any atom is 0.404 e. The van der Waals surface area contributed by atoms with Gasteiger partial charge in [0, 0.05) is 42.3 Å². The third kappa shape index (κ3) is 5.16. The Morgan fingerprint density at radius 2 is 1.94 bits per heavy atom. The Kier molecular flexibility index (Phi) is 7.53. The Bertz CT molecular complexity index is 970. The van der Waals surface area contributed by atoms with Crippen LogP contribution in [0.4, 0.5) is 4.79 Å². The van der Waals surface area contributed by atoms with Crippen molar-refractivity contribution >= 4 is 23.3 Å². The van der Waals surface area contributed by atoms with Crippen molar-refractivity contribution in [2.75, 3.05) is 20.2 Å². The summed E-state index contributed by atoms with van der Waals surface area (Å²) in [6.45, 7) is 6.95. The van der Waals surface area contributed by atoms with E-state index in [1.54, 1.807) is 12.4 Å². The fourth-order valence-corrected chi connectivity index (χ4v) is 5.78. The number of fused-ring (bicyclic) bond motifs is 1. The first-order chi connectivity index (χ1) is 16.0. The zero-order valence-corrected chi connectivity index (χ0v) is 20.1. The molecule has 0 aromatic carbocycles. The van der Waals surface area contributed by atoms with Crippen LogP contribution in [0.25, 0.3) is 11.0 Å². The Labute approximate surface area is 196 Å². The van der Waals surface area contributed by atoms with Crippen molar-refractivity contribution in [3.8, 4) is 0 Å². The smallest absolute Gasteiger partial charge is 0.404 e. The summed E-state index contributed by atoms with van der Waals surface area (Å²) in [5.74, 6) is 1.68. The number of nitrogens with two attached hydrogens (primary N) is 1. The zero-order chi connectivity index (χ0) is 23.4. The molecule has 1 aliphatic heterocycles. The molecule has 0 bridgehead atoms. The van der Waals surface area contributed by atoms with Crippen LogP contribution in [-0.4, -0.2) is 53.0 Å². The Balaban J connectivity index is 1.55. The molecule has 8 nitrogen and oxygen atoms in total. The van der Waals surface area contributed by atoms with Gasteiger partial charge in [-0.2, -0.15) is 0 Å². The molecule has 0 unspecified atom stereocenters. The van der Waals surface area contributed by atoms with E-state index in [1.807, 2.05) is 12.1 Å². The molecule has 1 saturated heterocycles. The summed E-state index contributed by atoms with van der Waals surface area (Å²) in [5, 5.41) is 4.95. The van der Waals surface area contributed by atoms with Crippen molar-refractivity contribution in [1.82, 2.24) is 14.5 Å². The van der Waals surface area contributed by atoms with Gasteiger partial charge in [0.2, 0.25) is 0 Å². The maximum absolute atomic E-state index is 11.4. The summed E-state index contributed by atoms with van der Waals surface area (Å²) in [5.41, 5.74) is 7.89. The number of rotatable bonds is 7. The van der Waals surface area contributed by atoms with Gasteiger partial charge in [-0.3, -0.25) is 0 Å². The van der Waals surface area contributed by atoms with Gasteiger partial charge in [0.05, 0.1) is 11.9 Å². The molecule has 2 aromatic rings. The summed E-state index contributed by atoms with van der Waals surface area (Å²) in [6.07, 6.45) is 10.1. The highest BCUT2D eigenvalue weighted by Gasteiger charge is 2.32. The van der Waals surface area contributed by atoms with Crippen LogP contribution in [0, 0.1) is 11.8 Å². The van der Waals surface area contributed by atoms with Crippen LogP contribution in [0.2, 0.25) is 0 Å². The number of aromatic nitrogens is 2. The molecule has 2 N–H and O–H groups in total. The van der Waals surface area contributed by atoms with E-state index in [9.17, 15) is 4.79 Å². The molecule has 2 aromatic heterocycles. The minimum absolute atomic E-state index is 0.0796. The van der Waals surface area contributed by atoms with Crippen molar-refractivity contribution in [3.05, 3.63) is 29.6 Å². The van der Waals surface area contributed by atoms with Gasteiger partial charge in [0.1, 0.15) is 19.4 Å². The highest BCUT2D eigenvalue weighted by atomic mass is 16.6. The summed E-state index contributed by atoms with van der Waals surface area (Å²) in [6, 6.07) is 4.92. The normalized spacial score (nSPS) is 22.9. The molecule has 0 radical (unpaired) electrons. The molecule has 33 heavy (non-hydrogen) atoms. The van der Waals surface area contributed by atoms with Gasteiger partial charge in [-0.05, 0) is 62.5 Å². The van der Waals surface area contributed by atoms with E-state index < -0.39 is 6.09 Å². The summed E-state index contributed by atoms with van der Waals surface area (Å²) in [4.78, 5) is 23.7. The molecular formula is C25H37N5O3. The fourth-order valence-electron chi connectivity index (χ4n) is 5.78. The Morgan fingerprint density at radius 3 is 2.58 bits per heavy atom. The number of nitrogens with zero attached hydrogens (tertiary/aromatic N) is 4. The third-order valence-electron chi connectivity index (χ3n) is 7.61. The molecule has 1 aliphatic carbocycles. The SMILES string of the molecule is CO/N=C\c1c(COC(N)=O)n(C2CCN(C3CCC(C(C)C)CC3)CC2)c2ncccc12. The van der Waals surface area contributed by atoms with Gasteiger partial charge in [-0.15, -0.1) is 0 Å². The molecule has 2 fully saturated rings. The van der Waals surface area contributed by atoms with Crippen molar-refractivity contribution in [1.29, 1.82) is 0 Å². The van der Waals surface area contributed by atoms with Gasteiger partial charge in [-0.1, -0.05) is 19.0 Å². The Morgan fingerprint density at radius 1 is 1.21 bits per heavy atom. The number of hydrogen-bond donors (Lipinski definition) is 1. The average Bonchev–Trinajstić information content (AvgIpc) is 3.14. The van der Waals surface area contributed by atoms with Crippen LogP contribution in [0.3, 0.4) is 0 Å². The average molecular weight is 456 g/mol. The van der Waals surface area contributed by atoms with E-state index in [-0.39, 0.29) is 12.6 Å². The van der Waals surface area contributed by atoms with E-state index in [0.717, 1.165) is 60.1 Å². The highest BCUT2D eigenvalue weighted by Crippen LogP contribution is 2.36. The first kappa shape index (κ1) is 23.5. The summed E-state index contributed by atoms with van der Waals surface area (Å²) >= 11 is 0. The lowest BCUT2D eigenvalue weighted by Gasteiger charge is -2.42. The van der Waals surface area contributed by atoms with Crippen LogP contribution in [0.5, 0.6) is 0 Å². The van der Waals surface area contributed by atoms with Gasteiger partial charge in [0.15, 0.2) is 0 Å². The number of amides is 1. The molecule has 3 heterocycles. The lowest BCUT2D eigenvalue weighted by atomic mass is 9.79. The largest absolute Gasteiger partial charge is 0.443 e. The second-order valence-electron chi connectivity index (χ2n) is 9.71. The van der Waals surface area contributed by atoms with Crippen LogP contribution in [0.15, 0.2) is 23.5 Å². The lowest BCUT2D eigenvalue weighted by Crippen LogP contribution is -2.44. The zero-order valence-electron chi connectivity index (χ0n) is 20.1. The molecular weight excluding hydrogens is 418 g/mol. The van der Waals surface area contributed by atoms with E-state index in [4.69, 9.17) is 15.3 Å². The first-order valence-corrected chi connectivity index (χ1v) is 12.2. The molecule has 0 spiro atoms. The van der Waals surface area contributed by atoms with Gasteiger partial charge in [-0.25, -0.2) is 9.78 Å². The van der Waals surface area contributed by atoms with Crippen molar-refractivity contribution in [3.63, 3.8) is 0 Å². The van der Waals surface area contributed by atoms with Crippen LogP contribution >= 0.6 is 0 Å². The number of pyridine rings is 1. The van der Waals surface area contributed by atoms with E-state index in [0.29, 0.717) is 6.04 Å². The number of carbonyl (C=O) groups is 1. The molecule has 1 amide bonds. The molecule has 8 heteroatoms. The van der Waals surface area contributed by atoms with Crippen LogP contribution < -0.4 is 5.73 Å². The first-order valence-electron chi connectivity index (χ1n) is 12.2. The second-order valence-corrected chi connectivity index (χ2v) is 9.71. The van der Waals surface area contributed by atoms with Crippen molar-refractivity contribution in [2.24, 2.45) is 22.7 Å².